The van der Waals surface area contributed by atoms with Gasteiger partial charge in [-0.2, -0.15) is 0 Å². The molecule has 0 saturated heterocycles. The molecule has 2 aliphatic rings. The Morgan fingerprint density at radius 2 is 1.20 bits per heavy atom. The first-order chi connectivity index (χ1) is 23.9. The van der Waals surface area contributed by atoms with Crippen molar-refractivity contribution in [3.63, 3.8) is 0 Å². The minimum Gasteiger partial charge on any atom is -0.444 e. The molecule has 0 bridgehead atoms. The van der Waals surface area contributed by atoms with Crippen LogP contribution < -0.4 is 22.2 Å². The van der Waals surface area contributed by atoms with Crippen LogP contribution in [-0.4, -0.2) is 32.9 Å². The summed E-state index contributed by atoms with van der Waals surface area (Å²) in [6.45, 7) is 22.2. The fourth-order valence-corrected chi connectivity index (χ4v) is 6.69. The summed E-state index contributed by atoms with van der Waals surface area (Å²) in [5, 5.41) is 4.89. The average molecular weight is 666 g/mol. The van der Waals surface area contributed by atoms with Crippen LogP contribution in [0.3, 0.4) is 0 Å². The number of amides is 1. The van der Waals surface area contributed by atoms with Crippen molar-refractivity contribution in [1.82, 2.24) is 14.5 Å². The molecule has 0 unspecified atom stereocenters. The molecule has 2 aromatic carbocycles. The fraction of sp³-hybridized carbons (Fsp3) is 0.462. The minimum absolute atomic E-state index is 0.0140. The van der Waals surface area contributed by atoms with Gasteiger partial charge in [-0.25, -0.2) is 14.5 Å². The molecule has 0 radical (unpaired) electrons. The third-order valence-corrected chi connectivity index (χ3v) is 8.98. The van der Waals surface area contributed by atoms with E-state index in [0.717, 1.165) is 73.2 Å². The predicted molar refractivity (Wildman–Crippen MR) is 196 cm³/mol. The largest absolute Gasteiger partial charge is 0.444 e. The van der Waals surface area contributed by atoms with Crippen molar-refractivity contribution >= 4 is 39.3 Å². The van der Waals surface area contributed by atoms with Gasteiger partial charge in [-0.15, -0.1) is 0 Å². The number of hydrogen-bond acceptors (Lipinski definition) is 5. The van der Waals surface area contributed by atoms with Crippen LogP contribution in [0.4, 0.5) is 16.2 Å². The number of hydrogen-bond donors (Lipinski definition) is 2. The smallest absolute Gasteiger partial charge is 0.407 e. The number of carbonyl (C=O) groups excluding carboxylic acids is 1. The Labute approximate surface area is 289 Å². The first kappa shape index (κ1) is 35.4. The van der Waals surface area contributed by atoms with Crippen LogP contribution in [0, 0.1) is 13.1 Å². The Morgan fingerprint density at radius 1 is 0.796 bits per heavy atom. The summed E-state index contributed by atoms with van der Waals surface area (Å²) in [6, 6.07) is 18.4. The molecule has 3 N–H and O–H groups in total. The van der Waals surface area contributed by atoms with Crippen LogP contribution in [0.25, 0.3) is 31.5 Å². The highest BCUT2D eigenvalue weighted by Gasteiger charge is 2.27. The van der Waals surface area contributed by atoms with Crippen molar-refractivity contribution in [2.75, 3.05) is 0 Å². The lowest BCUT2D eigenvalue weighted by atomic mass is 9.90. The maximum atomic E-state index is 12.5. The molecule has 10 heteroatoms. The molecule has 0 atom stereocenters. The first-order valence-corrected chi connectivity index (χ1v) is 17.0. The second kappa shape index (κ2) is 16.5. The van der Waals surface area contributed by atoms with Gasteiger partial charge in [-0.05, 0) is 107 Å². The summed E-state index contributed by atoms with van der Waals surface area (Å²) in [6.07, 6.45) is 6.54. The Kier molecular flexibility index (Phi) is 11.9. The third-order valence-electron chi connectivity index (χ3n) is 8.98. The Hall–Kier alpha value is -4.93. The molecule has 258 valence electrons. The van der Waals surface area contributed by atoms with Gasteiger partial charge in [0.1, 0.15) is 5.60 Å². The Bertz CT molecular complexity index is 1990. The molecular formula is C39H48N6O4. The van der Waals surface area contributed by atoms with E-state index < -0.39 is 11.7 Å². The molecule has 49 heavy (non-hydrogen) atoms. The van der Waals surface area contributed by atoms with E-state index in [9.17, 15) is 14.4 Å². The monoisotopic (exact) mass is 665 g/mol. The van der Waals surface area contributed by atoms with Crippen molar-refractivity contribution in [2.24, 2.45) is 5.73 Å². The molecular weight excluding hydrogens is 616 g/mol. The van der Waals surface area contributed by atoms with Crippen molar-refractivity contribution in [2.45, 2.75) is 116 Å². The van der Waals surface area contributed by atoms with Gasteiger partial charge in [0.2, 0.25) is 0 Å². The van der Waals surface area contributed by atoms with E-state index in [4.69, 9.17) is 25.0 Å². The van der Waals surface area contributed by atoms with Crippen LogP contribution >= 0.6 is 0 Å². The third kappa shape index (κ3) is 9.37. The van der Waals surface area contributed by atoms with Crippen molar-refractivity contribution in [3.8, 4) is 0 Å². The summed E-state index contributed by atoms with van der Waals surface area (Å²) >= 11 is 0. The molecule has 0 spiro atoms. The number of rotatable bonds is 3. The fourth-order valence-electron chi connectivity index (χ4n) is 6.69. The van der Waals surface area contributed by atoms with E-state index in [1.165, 1.54) is 0 Å². The van der Waals surface area contributed by atoms with Gasteiger partial charge in [0.05, 0.1) is 13.1 Å². The second-order valence-corrected chi connectivity index (χ2v) is 13.5. The zero-order valence-corrected chi connectivity index (χ0v) is 28.9. The molecule has 10 nitrogen and oxygen atoms in total. The normalized spacial score (nSPS) is 20.7. The van der Waals surface area contributed by atoms with E-state index in [2.05, 4.69) is 15.0 Å². The van der Waals surface area contributed by atoms with Crippen LogP contribution in [-0.2, 0) is 4.74 Å². The summed E-state index contributed by atoms with van der Waals surface area (Å²) in [5.41, 5.74) is 8.17. The quantitative estimate of drug-likeness (QED) is 0.213. The van der Waals surface area contributed by atoms with Gasteiger partial charge in [-0.1, -0.05) is 38.1 Å². The SMILES string of the molecule is [2H]CC.[C-]#[N+]c1ccc2ccc(=O)n(C3CCC(N)CC3)c2c1.[C-]#[N+]c1ccc2ccc(=O)n(C3CCC(NC(=O)OC(C)(C)C)CC3)c2c1. The predicted octanol–water partition coefficient (Wildman–Crippen LogP) is 8.58. The van der Waals surface area contributed by atoms with Gasteiger partial charge in [0.15, 0.2) is 11.4 Å². The molecule has 1 amide bonds. The highest BCUT2D eigenvalue weighted by atomic mass is 16.6. The minimum atomic E-state index is -0.516. The number of nitrogens with one attached hydrogen (secondary N) is 1. The molecule has 0 aliphatic heterocycles. The van der Waals surface area contributed by atoms with Gasteiger partial charge in [0, 0.05) is 48.7 Å². The van der Waals surface area contributed by atoms with E-state index in [1.54, 1.807) is 43.3 Å². The van der Waals surface area contributed by atoms with Gasteiger partial charge < -0.3 is 24.9 Å². The number of pyridine rings is 2. The molecule has 2 heterocycles. The zero-order valence-electron chi connectivity index (χ0n) is 29.9. The highest BCUT2D eigenvalue weighted by molar-refractivity contribution is 5.83. The number of alkyl carbamates (subject to hydrolysis) is 1. The van der Waals surface area contributed by atoms with Crippen molar-refractivity contribution in [3.05, 3.63) is 104 Å². The van der Waals surface area contributed by atoms with Gasteiger partial charge in [-0.3, -0.25) is 9.59 Å². The van der Waals surface area contributed by atoms with E-state index in [-0.39, 0.29) is 35.3 Å². The standard InChI is InChI=1S/C21H25N3O3.C16H17N3O.C2H6/c1-21(2,3)27-20(26)23-15-8-10-17(11-9-15)24-18-13-16(22-4)7-5-14(18)6-12-19(24)25;1-18-13-6-2-11-3-9-16(20)19(15(11)10-13)14-7-4-12(17)5-8-14;1-2/h5-7,12-13,15,17H,8-11H2,1-3H3,(H,23,26);2-3,6,9-10,12,14H,4-5,7-8,17H2;1-2H3/i;;1D. The van der Waals surface area contributed by atoms with Crippen molar-refractivity contribution < 1.29 is 10.9 Å². The first-order valence-electron chi connectivity index (χ1n) is 17.7. The lowest BCUT2D eigenvalue weighted by Gasteiger charge is -2.31. The molecule has 2 fully saturated rings. The molecule has 6 rings (SSSR count). The molecule has 4 aromatic rings. The van der Waals surface area contributed by atoms with Crippen LogP contribution in [0.1, 0.15) is 99.4 Å². The van der Waals surface area contributed by atoms with Crippen molar-refractivity contribution in [1.29, 1.82) is 0 Å². The number of nitrogens with two attached hydrogens (primary N) is 1. The van der Waals surface area contributed by atoms with Crippen LogP contribution in [0.15, 0.2) is 70.3 Å². The van der Waals surface area contributed by atoms with Gasteiger partial charge >= 0.3 is 6.09 Å². The average Bonchev–Trinajstić information content (AvgIpc) is 3.08. The maximum Gasteiger partial charge on any atom is 0.407 e. The maximum absolute atomic E-state index is 12.5. The number of ether oxygens (including phenoxy) is 1. The highest BCUT2D eigenvalue weighted by Crippen LogP contribution is 2.32. The Balaban J connectivity index is 0.000000216. The number of carbonyl (C=O) groups is 1. The topological polar surface area (TPSA) is 117 Å². The zero-order chi connectivity index (χ0) is 36.4. The van der Waals surface area contributed by atoms with E-state index in [1.807, 2.05) is 54.2 Å². The molecule has 2 aliphatic carbocycles. The summed E-state index contributed by atoms with van der Waals surface area (Å²) in [4.78, 5) is 43.7. The van der Waals surface area contributed by atoms with Crippen LogP contribution in [0.2, 0.25) is 0 Å². The lowest BCUT2D eigenvalue weighted by Crippen LogP contribution is -2.41. The number of nitrogens with zero attached hydrogens (tertiary/aromatic N) is 4. The molecule has 2 aromatic heterocycles. The summed E-state index contributed by atoms with van der Waals surface area (Å²) in [7, 11) is 0. The second-order valence-electron chi connectivity index (χ2n) is 13.5. The number of fused-ring (bicyclic) bond motifs is 2. The van der Waals surface area contributed by atoms with E-state index in [0.29, 0.717) is 18.3 Å². The summed E-state index contributed by atoms with van der Waals surface area (Å²) < 4.78 is 15.2. The van der Waals surface area contributed by atoms with Gasteiger partial charge in [0.25, 0.3) is 11.1 Å². The Morgan fingerprint density at radius 3 is 1.61 bits per heavy atom. The number of benzene rings is 2. The lowest BCUT2D eigenvalue weighted by molar-refractivity contribution is 0.0488. The van der Waals surface area contributed by atoms with E-state index >= 15 is 0 Å². The van der Waals surface area contributed by atoms with Crippen LogP contribution in [0.5, 0.6) is 0 Å². The summed E-state index contributed by atoms with van der Waals surface area (Å²) in [5.74, 6) is 0. The molecule has 2 saturated carbocycles. The number of aromatic nitrogens is 2.